The number of aromatic nitrogens is 2. The Balaban J connectivity index is 0.000000509. The summed E-state index contributed by atoms with van der Waals surface area (Å²) in [6.07, 6.45) is 3.34. The lowest BCUT2D eigenvalue weighted by atomic mass is 9.86. The predicted octanol–water partition coefficient (Wildman–Crippen LogP) is 3.91. The molecule has 0 saturated heterocycles. The van der Waals surface area contributed by atoms with Crippen LogP contribution < -0.4 is 0 Å². The molecule has 0 radical (unpaired) electrons. The third-order valence-electron chi connectivity index (χ3n) is 2.27. The van der Waals surface area contributed by atoms with Crippen LogP contribution in [0.25, 0.3) is 0 Å². The molecule has 16 heavy (non-hydrogen) atoms. The van der Waals surface area contributed by atoms with Crippen molar-refractivity contribution in [1.82, 2.24) is 10.2 Å². The molecule has 1 heterocycles. The van der Waals surface area contributed by atoms with Crippen molar-refractivity contribution in [3.8, 4) is 0 Å². The molecule has 1 aromatic rings. The maximum absolute atomic E-state index is 9.22. The molecule has 2 rings (SSSR count). The predicted molar refractivity (Wildman–Crippen MR) is 69.8 cm³/mol. The Morgan fingerprint density at radius 1 is 1.19 bits per heavy atom. The van der Waals surface area contributed by atoms with Gasteiger partial charge in [0.25, 0.3) is 0 Å². The first kappa shape index (κ1) is 15.5. The van der Waals surface area contributed by atoms with Gasteiger partial charge in [0.2, 0.25) is 0 Å². The van der Waals surface area contributed by atoms with Gasteiger partial charge in [0.05, 0.1) is 0 Å². The number of aliphatic hydroxyl groups excluding tert-OH is 1. The van der Waals surface area contributed by atoms with E-state index in [9.17, 15) is 5.11 Å². The molecular weight excluding hydrogens is 220 g/mol. The first-order valence-corrected chi connectivity index (χ1v) is 7.10. The maximum atomic E-state index is 9.22. The molecule has 1 N–H and O–H groups in total. The Hall–Kier alpha value is -0.480. The summed E-state index contributed by atoms with van der Waals surface area (Å²) < 4.78 is 0. The monoisotopic (exact) mass is 244 g/mol. The summed E-state index contributed by atoms with van der Waals surface area (Å²) in [7, 11) is 0. The van der Waals surface area contributed by atoms with Crippen molar-refractivity contribution in [2.45, 2.75) is 65.9 Å². The summed E-state index contributed by atoms with van der Waals surface area (Å²) in [6, 6.07) is 0. The van der Waals surface area contributed by atoms with Crippen molar-refractivity contribution < 1.29 is 5.11 Å². The number of nitrogens with zero attached hydrogens (tertiary/aromatic N) is 2. The van der Waals surface area contributed by atoms with Crippen molar-refractivity contribution in [3.63, 3.8) is 0 Å². The van der Waals surface area contributed by atoms with Gasteiger partial charge in [0, 0.05) is 5.92 Å². The fraction of sp³-hybridized carbons (Fsp3) is 0.833. The molecular formula is C12H24N2OS. The second kappa shape index (κ2) is 8.65. The third kappa shape index (κ3) is 4.18. The van der Waals surface area contributed by atoms with E-state index in [0.717, 1.165) is 10.0 Å². The summed E-state index contributed by atoms with van der Waals surface area (Å²) in [5, 5.41) is 19.1. The van der Waals surface area contributed by atoms with Gasteiger partial charge < -0.3 is 5.11 Å². The van der Waals surface area contributed by atoms with Crippen LogP contribution in [0.1, 0.15) is 75.9 Å². The molecule has 1 fully saturated rings. The molecule has 1 unspecified atom stereocenters. The fourth-order valence-corrected chi connectivity index (χ4v) is 2.19. The van der Waals surface area contributed by atoms with E-state index >= 15 is 0 Å². The number of aliphatic hydroxyl groups is 1. The van der Waals surface area contributed by atoms with Crippen LogP contribution in [0.2, 0.25) is 0 Å². The summed E-state index contributed by atoms with van der Waals surface area (Å²) >= 11 is 1.55. The lowest BCUT2D eigenvalue weighted by molar-refractivity contribution is 0.198. The van der Waals surface area contributed by atoms with Crippen molar-refractivity contribution in [2.24, 2.45) is 0 Å². The molecule has 4 heteroatoms. The standard InChI is InChI=1S/C8H12N2OS.2C2H6/c1-5(11)7-9-10-8(12-7)6-3-2-4-6;2*1-2/h5-6,11H,2-4H2,1H3;2*1-2H3. The maximum Gasteiger partial charge on any atom is 0.145 e. The van der Waals surface area contributed by atoms with Gasteiger partial charge in [-0.05, 0) is 19.8 Å². The van der Waals surface area contributed by atoms with Crippen molar-refractivity contribution in [3.05, 3.63) is 10.0 Å². The van der Waals surface area contributed by atoms with E-state index in [2.05, 4.69) is 10.2 Å². The minimum absolute atomic E-state index is 0.462. The fourth-order valence-electron chi connectivity index (χ4n) is 1.24. The zero-order valence-electron chi connectivity index (χ0n) is 11.0. The van der Waals surface area contributed by atoms with E-state index in [0.29, 0.717) is 5.92 Å². The molecule has 1 aliphatic rings. The lowest BCUT2D eigenvalue weighted by Crippen LogP contribution is -2.07. The summed E-state index contributed by atoms with van der Waals surface area (Å²) in [6.45, 7) is 9.73. The van der Waals surface area contributed by atoms with Crippen LogP contribution >= 0.6 is 11.3 Å². The Kier molecular flexibility index (Phi) is 8.39. The molecule has 1 aromatic heterocycles. The van der Waals surface area contributed by atoms with Gasteiger partial charge in [-0.15, -0.1) is 10.2 Å². The lowest BCUT2D eigenvalue weighted by Gasteiger charge is -2.21. The molecule has 1 atom stereocenters. The molecule has 1 aliphatic carbocycles. The topological polar surface area (TPSA) is 46.0 Å². The van der Waals surface area contributed by atoms with Crippen molar-refractivity contribution in [1.29, 1.82) is 0 Å². The first-order valence-electron chi connectivity index (χ1n) is 6.28. The Labute approximate surface area is 103 Å². The van der Waals surface area contributed by atoms with E-state index in [1.54, 1.807) is 18.3 Å². The molecule has 0 bridgehead atoms. The minimum atomic E-state index is -0.462. The summed E-state index contributed by atoms with van der Waals surface area (Å²) in [4.78, 5) is 0. The van der Waals surface area contributed by atoms with E-state index in [-0.39, 0.29) is 0 Å². The van der Waals surface area contributed by atoms with Crippen LogP contribution in [0.3, 0.4) is 0 Å². The average Bonchev–Trinajstić information content (AvgIpc) is 2.71. The van der Waals surface area contributed by atoms with Crippen LogP contribution in [0.5, 0.6) is 0 Å². The van der Waals surface area contributed by atoms with E-state index < -0.39 is 6.10 Å². The molecule has 0 amide bonds. The molecule has 3 nitrogen and oxygen atoms in total. The molecule has 0 aromatic carbocycles. The molecule has 0 spiro atoms. The van der Waals surface area contributed by atoms with E-state index in [1.807, 2.05) is 27.7 Å². The highest BCUT2D eigenvalue weighted by atomic mass is 32.1. The smallest absolute Gasteiger partial charge is 0.145 e. The van der Waals surface area contributed by atoms with E-state index in [4.69, 9.17) is 0 Å². The third-order valence-corrected chi connectivity index (χ3v) is 3.52. The zero-order valence-corrected chi connectivity index (χ0v) is 11.8. The normalized spacial score (nSPS) is 16.1. The van der Waals surface area contributed by atoms with Gasteiger partial charge in [0.1, 0.15) is 16.1 Å². The van der Waals surface area contributed by atoms with Crippen LogP contribution in [0.15, 0.2) is 0 Å². The Bertz CT molecular complexity index is 270. The minimum Gasteiger partial charge on any atom is -0.386 e. The van der Waals surface area contributed by atoms with Gasteiger partial charge in [-0.25, -0.2) is 0 Å². The van der Waals surface area contributed by atoms with Gasteiger partial charge in [-0.3, -0.25) is 0 Å². The highest BCUT2D eigenvalue weighted by Gasteiger charge is 2.23. The second-order valence-electron chi connectivity index (χ2n) is 3.28. The molecule has 94 valence electrons. The number of hydrogen-bond donors (Lipinski definition) is 1. The first-order chi connectivity index (χ1) is 7.77. The zero-order chi connectivity index (χ0) is 12.6. The van der Waals surface area contributed by atoms with Crippen LogP contribution in [0.4, 0.5) is 0 Å². The largest absolute Gasteiger partial charge is 0.386 e. The number of rotatable bonds is 2. The average molecular weight is 244 g/mol. The van der Waals surface area contributed by atoms with Crippen LogP contribution in [0, 0.1) is 0 Å². The van der Waals surface area contributed by atoms with Crippen molar-refractivity contribution >= 4 is 11.3 Å². The Morgan fingerprint density at radius 3 is 2.06 bits per heavy atom. The van der Waals surface area contributed by atoms with E-state index in [1.165, 1.54) is 19.3 Å². The summed E-state index contributed by atoms with van der Waals surface area (Å²) in [5.74, 6) is 0.634. The van der Waals surface area contributed by atoms with Gasteiger partial charge in [-0.1, -0.05) is 45.5 Å². The number of hydrogen-bond acceptors (Lipinski definition) is 4. The van der Waals surface area contributed by atoms with Gasteiger partial charge >= 0.3 is 0 Å². The Morgan fingerprint density at radius 2 is 1.75 bits per heavy atom. The highest BCUT2D eigenvalue weighted by Crippen LogP contribution is 2.38. The van der Waals surface area contributed by atoms with Crippen LogP contribution in [-0.4, -0.2) is 15.3 Å². The molecule has 0 aliphatic heterocycles. The van der Waals surface area contributed by atoms with Gasteiger partial charge in [0.15, 0.2) is 0 Å². The summed E-state index contributed by atoms with van der Waals surface area (Å²) in [5.41, 5.74) is 0. The van der Waals surface area contributed by atoms with Crippen LogP contribution in [-0.2, 0) is 0 Å². The highest BCUT2D eigenvalue weighted by molar-refractivity contribution is 7.11. The van der Waals surface area contributed by atoms with Crippen molar-refractivity contribution in [2.75, 3.05) is 0 Å². The SMILES string of the molecule is CC.CC.CC(O)c1nnc(C2CCC2)s1. The van der Waals surface area contributed by atoms with Gasteiger partial charge in [-0.2, -0.15) is 0 Å². The quantitative estimate of drug-likeness (QED) is 0.858. The molecule has 1 saturated carbocycles. The second-order valence-corrected chi connectivity index (χ2v) is 4.32.